The largest absolute Gasteiger partial charge is 0.435 e. The van der Waals surface area contributed by atoms with Gasteiger partial charge in [-0.15, -0.1) is 12.3 Å². The summed E-state index contributed by atoms with van der Waals surface area (Å²) in [4.78, 5) is 0. The van der Waals surface area contributed by atoms with Crippen molar-refractivity contribution in [3.63, 3.8) is 0 Å². The Hall–Kier alpha value is -1.64. The first-order valence-corrected chi connectivity index (χ1v) is 5.61. The molecule has 0 saturated heterocycles. The molecule has 0 aliphatic heterocycles. The molecule has 1 atom stereocenters. The van der Waals surface area contributed by atoms with Gasteiger partial charge in [0.05, 0.1) is 0 Å². The Morgan fingerprint density at radius 2 is 2.00 bits per heavy atom. The van der Waals surface area contributed by atoms with Gasteiger partial charge in [-0.2, -0.15) is 8.78 Å². The molecule has 1 unspecified atom stereocenters. The number of ether oxygens (including phenoxy) is 1. The molecule has 0 fully saturated rings. The van der Waals surface area contributed by atoms with Crippen LogP contribution >= 0.6 is 0 Å². The van der Waals surface area contributed by atoms with E-state index in [2.05, 4.69) is 16.1 Å². The molecule has 1 aromatic rings. The lowest BCUT2D eigenvalue weighted by molar-refractivity contribution is -0.0498. The molecule has 98 valence electrons. The maximum absolute atomic E-state index is 12.0. The first kappa shape index (κ1) is 14.4. The third kappa shape index (κ3) is 4.70. The van der Waals surface area contributed by atoms with E-state index >= 15 is 0 Å². The highest BCUT2D eigenvalue weighted by molar-refractivity contribution is 5.29. The van der Waals surface area contributed by atoms with Gasteiger partial charge in [0, 0.05) is 12.5 Å². The summed E-state index contributed by atoms with van der Waals surface area (Å²) in [5.74, 6) is 8.14. The van der Waals surface area contributed by atoms with Crippen molar-refractivity contribution in [2.24, 2.45) is 5.84 Å². The van der Waals surface area contributed by atoms with Gasteiger partial charge in [0.15, 0.2) is 0 Å². The zero-order valence-corrected chi connectivity index (χ0v) is 9.90. The van der Waals surface area contributed by atoms with Crippen molar-refractivity contribution in [2.75, 3.05) is 0 Å². The van der Waals surface area contributed by atoms with Gasteiger partial charge in [0.1, 0.15) is 5.75 Å². The summed E-state index contributed by atoms with van der Waals surface area (Å²) in [7, 11) is 0. The van der Waals surface area contributed by atoms with E-state index < -0.39 is 6.61 Å². The number of benzene rings is 1. The fourth-order valence-electron chi connectivity index (χ4n) is 1.64. The number of hydrogen-bond donors (Lipinski definition) is 2. The first-order chi connectivity index (χ1) is 8.67. The molecule has 0 saturated carbocycles. The highest BCUT2D eigenvalue weighted by Crippen LogP contribution is 2.22. The average Bonchev–Trinajstić information content (AvgIpc) is 2.35. The van der Waals surface area contributed by atoms with Crippen LogP contribution in [-0.4, -0.2) is 6.61 Å². The summed E-state index contributed by atoms with van der Waals surface area (Å²) in [6.07, 6.45) is 7.49. The van der Waals surface area contributed by atoms with E-state index in [1.165, 1.54) is 12.1 Å². The molecule has 1 aromatic carbocycles. The zero-order chi connectivity index (χ0) is 13.4. The zero-order valence-electron chi connectivity index (χ0n) is 9.90. The quantitative estimate of drug-likeness (QED) is 0.340. The summed E-state index contributed by atoms with van der Waals surface area (Å²) >= 11 is 0. The lowest BCUT2D eigenvalue weighted by Crippen LogP contribution is -2.27. The fourth-order valence-corrected chi connectivity index (χ4v) is 1.64. The second-order valence-electron chi connectivity index (χ2n) is 3.76. The molecule has 3 nitrogen and oxygen atoms in total. The first-order valence-electron chi connectivity index (χ1n) is 5.61. The van der Waals surface area contributed by atoms with E-state index in [1.54, 1.807) is 12.1 Å². The van der Waals surface area contributed by atoms with E-state index in [-0.39, 0.29) is 11.8 Å². The smallest absolute Gasteiger partial charge is 0.387 e. The summed E-state index contributed by atoms with van der Waals surface area (Å²) < 4.78 is 28.2. The number of rotatable bonds is 7. The SMILES string of the molecule is C#CCCCC(NN)c1ccc(OC(F)F)cc1. The molecule has 0 heterocycles. The number of alkyl halides is 2. The Balaban J connectivity index is 2.61. The Bertz CT molecular complexity index is 387. The number of terminal acetylenes is 1. The number of halogens is 2. The molecule has 0 amide bonds. The normalized spacial score (nSPS) is 12.2. The minimum Gasteiger partial charge on any atom is -0.435 e. The highest BCUT2D eigenvalue weighted by atomic mass is 19.3. The van der Waals surface area contributed by atoms with Crippen molar-refractivity contribution in [1.29, 1.82) is 0 Å². The molecule has 1 rings (SSSR count). The summed E-state index contributed by atoms with van der Waals surface area (Å²) in [5.41, 5.74) is 3.59. The fraction of sp³-hybridized carbons (Fsp3) is 0.385. The van der Waals surface area contributed by atoms with Crippen LogP contribution < -0.4 is 16.0 Å². The molecule has 0 bridgehead atoms. The van der Waals surface area contributed by atoms with Crippen LogP contribution in [0.25, 0.3) is 0 Å². The van der Waals surface area contributed by atoms with Gasteiger partial charge in [0.2, 0.25) is 0 Å². The van der Waals surface area contributed by atoms with Gasteiger partial charge in [-0.25, -0.2) is 0 Å². The predicted molar refractivity (Wildman–Crippen MR) is 65.8 cm³/mol. The molecule has 0 spiro atoms. The number of nitrogens with one attached hydrogen (secondary N) is 1. The number of nitrogens with two attached hydrogens (primary N) is 1. The Labute approximate surface area is 105 Å². The number of hydrazine groups is 1. The van der Waals surface area contributed by atoms with E-state index in [4.69, 9.17) is 12.3 Å². The van der Waals surface area contributed by atoms with Crippen LogP contribution in [0.1, 0.15) is 30.9 Å². The Morgan fingerprint density at radius 3 is 2.50 bits per heavy atom. The van der Waals surface area contributed by atoms with Crippen molar-refractivity contribution >= 4 is 0 Å². The topological polar surface area (TPSA) is 47.3 Å². The van der Waals surface area contributed by atoms with Gasteiger partial charge in [-0.1, -0.05) is 12.1 Å². The molecule has 0 aromatic heterocycles. The van der Waals surface area contributed by atoms with Crippen LogP contribution in [0.3, 0.4) is 0 Å². The molecule has 18 heavy (non-hydrogen) atoms. The van der Waals surface area contributed by atoms with E-state index in [0.717, 1.165) is 18.4 Å². The van der Waals surface area contributed by atoms with Crippen LogP contribution in [0, 0.1) is 12.3 Å². The second kappa shape index (κ2) is 7.64. The molecule has 0 radical (unpaired) electrons. The molecule has 0 aliphatic carbocycles. The lowest BCUT2D eigenvalue weighted by atomic mass is 10.0. The minimum atomic E-state index is -2.81. The third-order valence-electron chi connectivity index (χ3n) is 2.52. The van der Waals surface area contributed by atoms with Crippen molar-refractivity contribution in [3.8, 4) is 18.1 Å². The van der Waals surface area contributed by atoms with Crippen molar-refractivity contribution < 1.29 is 13.5 Å². The Morgan fingerprint density at radius 1 is 1.33 bits per heavy atom. The summed E-state index contributed by atoms with van der Waals surface area (Å²) in [5, 5.41) is 0. The van der Waals surface area contributed by atoms with Crippen LogP contribution in [0.4, 0.5) is 8.78 Å². The number of unbranched alkanes of at least 4 members (excludes halogenated alkanes) is 1. The predicted octanol–water partition coefficient (Wildman–Crippen LogP) is 2.60. The highest BCUT2D eigenvalue weighted by Gasteiger charge is 2.10. The maximum atomic E-state index is 12.0. The summed E-state index contributed by atoms with van der Waals surface area (Å²) in [6, 6.07) is 6.36. The van der Waals surface area contributed by atoms with E-state index in [1.807, 2.05) is 0 Å². The van der Waals surface area contributed by atoms with Crippen LogP contribution in [0.15, 0.2) is 24.3 Å². The third-order valence-corrected chi connectivity index (χ3v) is 2.52. The summed E-state index contributed by atoms with van der Waals surface area (Å²) in [6.45, 7) is -2.81. The minimum absolute atomic E-state index is 0.0426. The molecular formula is C13H16F2N2O. The molecule has 5 heteroatoms. The van der Waals surface area contributed by atoms with E-state index in [9.17, 15) is 8.78 Å². The second-order valence-corrected chi connectivity index (χ2v) is 3.76. The molecular weight excluding hydrogens is 238 g/mol. The standard InChI is InChI=1S/C13H16F2N2O/c1-2-3-4-5-12(17-16)10-6-8-11(9-7-10)18-13(14)15/h1,6-9,12-13,17H,3-5,16H2. The van der Waals surface area contributed by atoms with Gasteiger partial charge in [-0.05, 0) is 30.5 Å². The van der Waals surface area contributed by atoms with Crippen LogP contribution in [0.2, 0.25) is 0 Å². The van der Waals surface area contributed by atoms with Gasteiger partial charge >= 0.3 is 6.61 Å². The average molecular weight is 254 g/mol. The molecule has 0 aliphatic rings. The Kier molecular flexibility index (Phi) is 6.12. The van der Waals surface area contributed by atoms with Gasteiger partial charge < -0.3 is 4.74 Å². The van der Waals surface area contributed by atoms with Crippen molar-refractivity contribution in [2.45, 2.75) is 31.9 Å². The number of hydrogen-bond acceptors (Lipinski definition) is 3. The maximum Gasteiger partial charge on any atom is 0.387 e. The van der Waals surface area contributed by atoms with Crippen molar-refractivity contribution in [3.05, 3.63) is 29.8 Å². The van der Waals surface area contributed by atoms with Crippen LogP contribution in [0.5, 0.6) is 5.75 Å². The van der Waals surface area contributed by atoms with Gasteiger partial charge in [-0.3, -0.25) is 11.3 Å². The van der Waals surface area contributed by atoms with Gasteiger partial charge in [0.25, 0.3) is 0 Å². The monoisotopic (exact) mass is 254 g/mol. The lowest BCUT2D eigenvalue weighted by Gasteiger charge is -2.16. The molecule has 3 N–H and O–H groups in total. The van der Waals surface area contributed by atoms with Crippen molar-refractivity contribution in [1.82, 2.24) is 5.43 Å². The van der Waals surface area contributed by atoms with E-state index in [0.29, 0.717) is 6.42 Å². The van der Waals surface area contributed by atoms with Crippen LogP contribution in [-0.2, 0) is 0 Å².